The Bertz CT molecular complexity index is 861. The molecule has 1 aliphatic rings. The van der Waals surface area contributed by atoms with E-state index >= 15 is 0 Å². The van der Waals surface area contributed by atoms with Gasteiger partial charge in [-0.1, -0.05) is 72.3 Å². The Hall–Kier alpha value is -2.29. The summed E-state index contributed by atoms with van der Waals surface area (Å²) in [5.74, 6) is 1.30. The zero-order chi connectivity index (χ0) is 18.5. The highest BCUT2D eigenvalue weighted by Crippen LogP contribution is 2.30. The first kappa shape index (κ1) is 18.1. The van der Waals surface area contributed by atoms with Crippen molar-refractivity contribution < 1.29 is 0 Å². The van der Waals surface area contributed by atoms with Crippen molar-refractivity contribution in [1.29, 1.82) is 0 Å². The molecule has 0 bridgehead atoms. The fraction of sp³-hybridized carbons (Fsp3) is 0.250. The summed E-state index contributed by atoms with van der Waals surface area (Å²) in [6.07, 6.45) is 1.14. The van der Waals surface area contributed by atoms with E-state index in [-0.39, 0.29) is 0 Å². The SMILES string of the molecule is Clc1ccc(-c2ccccc2NC[C@@H]2CNC[C@@H]2Cc2ccccc2)cc1. The summed E-state index contributed by atoms with van der Waals surface area (Å²) in [6.45, 7) is 3.16. The van der Waals surface area contributed by atoms with Crippen molar-refractivity contribution in [1.82, 2.24) is 5.32 Å². The Morgan fingerprint density at radius 1 is 0.815 bits per heavy atom. The molecule has 0 unspecified atom stereocenters. The highest BCUT2D eigenvalue weighted by molar-refractivity contribution is 6.30. The van der Waals surface area contributed by atoms with Crippen LogP contribution in [-0.4, -0.2) is 19.6 Å². The molecular weight excluding hydrogens is 352 g/mol. The minimum absolute atomic E-state index is 0.628. The molecule has 3 heteroatoms. The van der Waals surface area contributed by atoms with E-state index in [4.69, 9.17) is 11.6 Å². The molecule has 2 N–H and O–H groups in total. The monoisotopic (exact) mass is 376 g/mol. The van der Waals surface area contributed by atoms with E-state index in [9.17, 15) is 0 Å². The molecule has 0 amide bonds. The molecule has 0 aliphatic carbocycles. The van der Waals surface area contributed by atoms with Gasteiger partial charge < -0.3 is 10.6 Å². The first-order valence-electron chi connectivity index (χ1n) is 9.63. The molecule has 27 heavy (non-hydrogen) atoms. The summed E-state index contributed by atoms with van der Waals surface area (Å²) in [5.41, 5.74) is 5.02. The first-order valence-corrected chi connectivity index (χ1v) is 10.0. The van der Waals surface area contributed by atoms with Crippen molar-refractivity contribution in [3.8, 4) is 11.1 Å². The molecule has 1 saturated heterocycles. The van der Waals surface area contributed by atoms with Gasteiger partial charge in [-0.05, 0) is 60.7 Å². The van der Waals surface area contributed by atoms with Gasteiger partial charge in [-0.2, -0.15) is 0 Å². The summed E-state index contributed by atoms with van der Waals surface area (Å²) in [4.78, 5) is 0. The number of hydrogen-bond donors (Lipinski definition) is 2. The number of hydrogen-bond acceptors (Lipinski definition) is 2. The second kappa shape index (κ2) is 8.60. The smallest absolute Gasteiger partial charge is 0.0419 e. The zero-order valence-corrected chi connectivity index (χ0v) is 16.1. The molecule has 0 saturated carbocycles. The Balaban J connectivity index is 1.45. The maximum Gasteiger partial charge on any atom is 0.0419 e. The molecule has 1 aliphatic heterocycles. The van der Waals surface area contributed by atoms with Crippen LogP contribution in [0.3, 0.4) is 0 Å². The third kappa shape index (κ3) is 4.52. The van der Waals surface area contributed by atoms with Gasteiger partial charge in [0.15, 0.2) is 0 Å². The molecule has 3 aromatic carbocycles. The van der Waals surface area contributed by atoms with Crippen molar-refractivity contribution >= 4 is 17.3 Å². The normalized spacial score (nSPS) is 19.1. The predicted octanol–water partition coefficient (Wildman–Crippen LogP) is 5.50. The average molecular weight is 377 g/mol. The lowest BCUT2D eigenvalue weighted by Gasteiger charge is -2.21. The van der Waals surface area contributed by atoms with Crippen LogP contribution in [-0.2, 0) is 6.42 Å². The molecular formula is C24H25ClN2. The van der Waals surface area contributed by atoms with E-state index in [1.165, 1.54) is 22.4 Å². The number of halogens is 1. The Kier molecular flexibility index (Phi) is 5.76. The van der Waals surface area contributed by atoms with Crippen molar-refractivity contribution in [2.75, 3.05) is 25.0 Å². The Morgan fingerprint density at radius 2 is 1.52 bits per heavy atom. The van der Waals surface area contributed by atoms with E-state index in [1.54, 1.807) is 0 Å². The van der Waals surface area contributed by atoms with Crippen LogP contribution in [0.1, 0.15) is 5.56 Å². The molecule has 138 valence electrons. The van der Waals surface area contributed by atoms with E-state index < -0.39 is 0 Å². The van der Waals surface area contributed by atoms with Crippen LogP contribution < -0.4 is 10.6 Å². The number of anilines is 1. The van der Waals surface area contributed by atoms with E-state index in [0.29, 0.717) is 11.8 Å². The third-order valence-corrected chi connectivity index (χ3v) is 5.71. The van der Waals surface area contributed by atoms with Crippen LogP contribution >= 0.6 is 11.6 Å². The summed E-state index contributed by atoms with van der Waals surface area (Å²) in [5, 5.41) is 8.06. The molecule has 0 spiro atoms. The minimum atomic E-state index is 0.628. The third-order valence-electron chi connectivity index (χ3n) is 5.46. The number of rotatable bonds is 6. The van der Waals surface area contributed by atoms with Gasteiger partial charge in [0.05, 0.1) is 0 Å². The van der Waals surface area contributed by atoms with Crippen LogP contribution in [0, 0.1) is 11.8 Å². The second-order valence-corrected chi connectivity index (χ2v) is 7.74. The van der Waals surface area contributed by atoms with Gasteiger partial charge in [-0.25, -0.2) is 0 Å². The molecule has 4 rings (SSSR count). The van der Waals surface area contributed by atoms with Crippen molar-refractivity contribution in [2.24, 2.45) is 11.8 Å². The Labute approximate surface area is 166 Å². The summed E-state index contributed by atoms with van der Waals surface area (Å²) >= 11 is 6.05. The van der Waals surface area contributed by atoms with Gasteiger partial charge >= 0.3 is 0 Å². The number of nitrogens with one attached hydrogen (secondary N) is 2. The molecule has 1 heterocycles. The average Bonchev–Trinajstić information content (AvgIpc) is 3.15. The van der Waals surface area contributed by atoms with Crippen LogP contribution in [0.25, 0.3) is 11.1 Å². The second-order valence-electron chi connectivity index (χ2n) is 7.30. The maximum absolute atomic E-state index is 6.05. The molecule has 2 nitrogen and oxygen atoms in total. The van der Waals surface area contributed by atoms with Gasteiger partial charge in [0.1, 0.15) is 0 Å². The highest BCUT2D eigenvalue weighted by atomic mass is 35.5. The predicted molar refractivity (Wildman–Crippen MR) is 115 cm³/mol. The summed E-state index contributed by atoms with van der Waals surface area (Å²) in [7, 11) is 0. The van der Waals surface area contributed by atoms with Crippen LogP contribution in [0.15, 0.2) is 78.9 Å². The molecule has 0 radical (unpaired) electrons. The lowest BCUT2D eigenvalue weighted by Crippen LogP contribution is -2.23. The van der Waals surface area contributed by atoms with Crippen LogP contribution in [0.5, 0.6) is 0 Å². The summed E-state index contributed by atoms with van der Waals surface area (Å²) < 4.78 is 0. The van der Waals surface area contributed by atoms with Crippen molar-refractivity contribution in [3.05, 3.63) is 89.4 Å². The minimum Gasteiger partial charge on any atom is -0.384 e. The topological polar surface area (TPSA) is 24.1 Å². The molecule has 2 atom stereocenters. The highest BCUT2D eigenvalue weighted by Gasteiger charge is 2.27. The zero-order valence-electron chi connectivity index (χ0n) is 15.4. The van der Waals surface area contributed by atoms with Gasteiger partial charge in [0.2, 0.25) is 0 Å². The van der Waals surface area contributed by atoms with Gasteiger partial charge in [0, 0.05) is 22.8 Å². The van der Waals surface area contributed by atoms with Crippen molar-refractivity contribution in [2.45, 2.75) is 6.42 Å². The van der Waals surface area contributed by atoms with Crippen molar-refractivity contribution in [3.63, 3.8) is 0 Å². The van der Waals surface area contributed by atoms with Gasteiger partial charge in [-0.3, -0.25) is 0 Å². The lowest BCUT2D eigenvalue weighted by atomic mass is 9.89. The van der Waals surface area contributed by atoms with Crippen LogP contribution in [0.4, 0.5) is 5.69 Å². The lowest BCUT2D eigenvalue weighted by molar-refractivity contribution is 0.435. The van der Waals surface area contributed by atoms with Gasteiger partial charge in [0.25, 0.3) is 0 Å². The quantitative estimate of drug-likeness (QED) is 0.593. The fourth-order valence-corrected chi connectivity index (χ4v) is 4.07. The number of para-hydroxylation sites is 1. The standard InChI is InChI=1S/C24H25ClN2/c25-22-12-10-19(11-13-22)23-8-4-5-9-24(23)27-17-21-16-26-15-20(21)14-18-6-2-1-3-7-18/h1-13,20-21,26-27H,14-17H2/t20-,21-/m0/s1. The van der Waals surface area contributed by atoms with E-state index in [2.05, 4.69) is 77.4 Å². The van der Waals surface area contributed by atoms with E-state index in [0.717, 1.165) is 31.1 Å². The molecule has 0 aromatic heterocycles. The number of benzene rings is 3. The van der Waals surface area contributed by atoms with E-state index in [1.807, 2.05) is 12.1 Å². The largest absolute Gasteiger partial charge is 0.384 e. The first-order chi connectivity index (χ1) is 13.3. The molecule has 3 aromatic rings. The fourth-order valence-electron chi connectivity index (χ4n) is 3.94. The Morgan fingerprint density at radius 3 is 2.33 bits per heavy atom. The maximum atomic E-state index is 6.05. The van der Waals surface area contributed by atoms with Gasteiger partial charge in [-0.15, -0.1) is 0 Å². The summed E-state index contributed by atoms with van der Waals surface area (Å²) in [6, 6.07) is 27.4. The van der Waals surface area contributed by atoms with Crippen LogP contribution in [0.2, 0.25) is 5.02 Å². The molecule has 1 fully saturated rings.